The minimum absolute atomic E-state index is 0.986. The Bertz CT molecular complexity index is 810. The summed E-state index contributed by atoms with van der Waals surface area (Å²) >= 11 is 3.31. The van der Waals surface area contributed by atoms with Crippen LogP contribution in [0, 0.1) is 0 Å². The Kier molecular flexibility index (Phi) is 3.94. The number of rotatable bonds is 2. The summed E-state index contributed by atoms with van der Waals surface area (Å²) in [6.07, 6.45) is 4.11. The fourth-order valence-electron chi connectivity index (χ4n) is 2.15. The largest absolute Gasteiger partial charge is 0.241 e. The quantitative estimate of drug-likeness (QED) is 0.839. The lowest BCUT2D eigenvalue weighted by molar-refractivity contribution is 1.25. The average molecular weight is 298 g/mol. The van der Waals surface area contributed by atoms with Gasteiger partial charge < -0.3 is 0 Å². The van der Waals surface area contributed by atoms with Crippen LogP contribution in [0.3, 0.4) is 0 Å². The van der Waals surface area contributed by atoms with Gasteiger partial charge >= 0.3 is 0 Å². The Morgan fingerprint density at radius 1 is 0.650 bits per heavy atom. The van der Waals surface area contributed by atoms with Gasteiger partial charge in [-0.1, -0.05) is 36.4 Å². The number of hydrogen-bond donors (Lipinski definition) is 0. The molecular formula is C16H14N2S2. The molecule has 3 rings (SSSR count). The maximum atomic E-state index is 4.84. The molecule has 100 valence electrons. The highest BCUT2D eigenvalue weighted by Crippen LogP contribution is 2.13. The van der Waals surface area contributed by atoms with Crippen molar-refractivity contribution in [2.24, 2.45) is 9.98 Å². The summed E-state index contributed by atoms with van der Waals surface area (Å²) in [5, 5.41) is 6.19. The summed E-state index contributed by atoms with van der Waals surface area (Å²) in [4.78, 5) is 9.69. The van der Waals surface area contributed by atoms with Crippen molar-refractivity contribution >= 4 is 33.6 Å². The summed E-state index contributed by atoms with van der Waals surface area (Å²) in [5.41, 5.74) is 0. The number of fused-ring (bicyclic) bond motifs is 2. The van der Waals surface area contributed by atoms with E-state index in [1.807, 2.05) is 36.4 Å². The number of hydrogen-bond acceptors (Lipinski definition) is 4. The Labute approximate surface area is 126 Å². The van der Waals surface area contributed by atoms with Gasteiger partial charge in [0.1, 0.15) is 10.1 Å². The van der Waals surface area contributed by atoms with Crippen molar-refractivity contribution in [1.82, 2.24) is 0 Å². The summed E-state index contributed by atoms with van der Waals surface area (Å²) in [6.45, 7) is 0. The molecule has 0 amide bonds. The standard InChI is InChI=1S/C16H14N2S2/c1-19-15-11-7-3-5-9-13(11)18-16(20-2)12-8-4-6-10-14(12)17-15/h3-10H,1-2H3. The fourth-order valence-corrected chi connectivity index (χ4v) is 3.32. The first-order valence-electron chi connectivity index (χ1n) is 6.27. The molecule has 2 aromatic rings. The van der Waals surface area contributed by atoms with Crippen molar-refractivity contribution in [2.75, 3.05) is 12.5 Å². The van der Waals surface area contributed by atoms with Crippen LogP contribution < -0.4 is 21.2 Å². The van der Waals surface area contributed by atoms with E-state index in [-0.39, 0.29) is 0 Å². The van der Waals surface area contributed by atoms with E-state index in [2.05, 4.69) is 24.6 Å². The minimum atomic E-state index is 0.986. The van der Waals surface area contributed by atoms with Crippen LogP contribution in [0.4, 0.5) is 0 Å². The number of para-hydroxylation sites is 2. The molecule has 20 heavy (non-hydrogen) atoms. The average Bonchev–Trinajstić information content (AvgIpc) is 2.49. The van der Waals surface area contributed by atoms with Crippen molar-refractivity contribution < 1.29 is 0 Å². The molecule has 0 saturated carbocycles. The van der Waals surface area contributed by atoms with Crippen LogP contribution in [0.5, 0.6) is 0 Å². The zero-order valence-corrected chi connectivity index (χ0v) is 13.0. The molecule has 1 aliphatic heterocycles. The lowest BCUT2D eigenvalue weighted by Crippen LogP contribution is -2.33. The van der Waals surface area contributed by atoms with Gasteiger partial charge in [0.2, 0.25) is 0 Å². The first-order chi connectivity index (χ1) is 9.83. The van der Waals surface area contributed by atoms with E-state index in [1.54, 1.807) is 23.5 Å². The van der Waals surface area contributed by atoms with Gasteiger partial charge in [-0.25, -0.2) is 9.98 Å². The van der Waals surface area contributed by atoms with Gasteiger partial charge in [-0.3, -0.25) is 0 Å². The van der Waals surface area contributed by atoms with E-state index < -0.39 is 0 Å². The van der Waals surface area contributed by atoms with Gasteiger partial charge in [-0.2, -0.15) is 0 Å². The third-order valence-electron chi connectivity index (χ3n) is 3.10. The zero-order valence-electron chi connectivity index (χ0n) is 11.3. The van der Waals surface area contributed by atoms with Crippen LogP contribution >= 0.6 is 23.5 Å². The topological polar surface area (TPSA) is 24.7 Å². The first kappa shape index (κ1) is 13.5. The first-order valence-corrected chi connectivity index (χ1v) is 8.72. The Balaban J connectivity index is 2.56. The summed E-state index contributed by atoms with van der Waals surface area (Å²) in [6, 6.07) is 16.4. The SMILES string of the molecule is CSC1=c2ccccc2=NC(SC)=c2ccccc2=N1. The summed E-state index contributed by atoms with van der Waals surface area (Å²) in [7, 11) is 0. The van der Waals surface area contributed by atoms with E-state index in [0.717, 1.165) is 31.2 Å². The Morgan fingerprint density at radius 3 is 1.45 bits per heavy atom. The van der Waals surface area contributed by atoms with Gasteiger partial charge in [0.25, 0.3) is 0 Å². The highest BCUT2D eigenvalue weighted by molar-refractivity contribution is 8.07. The highest BCUT2D eigenvalue weighted by Gasteiger charge is 2.03. The molecule has 1 heterocycles. The van der Waals surface area contributed by atoms with E-state index in [4.69, 9.17) is 9.98 Å². The maximum Gasteiger partial charge on any atom is 0.106 e. The Hall–Kier alpha value is -1.52. The van der Waals surface area contributed by atoms with E-state index in [0.29, 0.717) is 0 Å². The van der Waals surface area contributed by atoms with Gasteiger partial charge in [0.15, 0.2) is 0 Å². The molecule has 2 aromatic carbocycles. The molecule has 0 unspecified atom stereocenters. The third kappa shape index (κ3) is 2.41. The van der Waals surface area contributed by atoms with E-state index in [1.165, 1.54) is 0 Å². The monoisotopic (exact) mass is 298 g/mol. The number of thioether (sulfide) groups is 2. The molecule has 0 bridgehead atoms. The lowest BCUT2D eigenvalue weighted by Gasteiger charge is -2.04. The van der Waals surface area contributed by atoms with Crippen LogP contribution in [-0.2, 0) is 0 Å². The van der Waals surface area contributed by atoms with Crippen molar-refractivity contribution in [3.63, 3.8) is 0 Å². The van der Waals surface area contributed by atoms with E-state index >= 15 is 0 Å². The molecule has 0 fully saturated rings. The molecule has 4 heteroatoms. The predicted octanol–water partition coefficient (Wildman–Crippen LogP) is 1.50. The normalized spacial score (nSPS) is 13.5. The van der Waals surface area contributed by atoms with Crippen LogP contribution in [0.15, 0.2) is 58.5 Å². The molecule has 2 nitrogen and oxygen atoms in total. The number of nitrogens with zero attached hydrogens (tertiary/aromatic N) is 2. The third-order valence-corrected chi connectivity index (χ3v) is 4.50. The van der Waals surface area contributed by atoms with Crippen molar-refractivity contribution in [2.45, 2.75) is 0 Å². The molecule has 0 aromatic heterocycles. The van der Waals surface area contributed by atoms with Gasteiger partial charge in [-0.05, 0) is 24.6 Å². The van der Waals surface area contributed by atoms with Crippen LogP contribution in [0.25, 0.3) is 10.1 Å². The molecule has 0 radical (unpaired) electrons. The zero-order chi connectivity index (χ0) is 13.9. The minimum Gasteiger partial charge on any atom is -0.241 e. The molecule has 1 aliphatic rings. The lowest BCUT2D eigenvalue weighted by atomic mass is 10.2. The van der Waals surface area contributed by atoms with Crippen molar-refractivity contribution in [3.8, 4) is 0 Å². The van der Waals surface area contributed by atoms with Crippen LogP contribution in [0.2, 0.25) is 0 Å². The molecule has 0 aliphatic carbocycles. The molecule has 0 saturated heterocycles. The van der Waals surface area contributed by atoms with Gasteiger partial charge in [0.05, 0.1) is 10.7 Å². The van der Waals surface area contributed by atoms with Crippen LogP contribution in [-0.4, -0.2) is 12.5 Å². The number of benzene rings is 2. The van der Waals surface area contributed by atoms with Gasteiger partial charge in [-0.15, -0.1) is 23.5 Å². The molecular weight excluding hydrogens is 284 g/mol. The van der Waals surface area contributed by atoms with Crippen molar-refractivity contribution in [1.29, 1.82) is 0 Å². The second kappa shape index (κ2) is 5.85. The predicted molar refractivity (Wildman–Crippen MR) is 88.3 cm³/mol. The van der Waals surface area contributed by atoms with Crippen molar-refractivity contribution in [3.05, 3.63) is 69.7 Å². The smallest absolute Gasteiger partial charge is 0.106 e. The molecule has 0 N–H and O–H groups in total. The maximum absolute atomic E-state index is 4.84. The van der Waals surface area contributed by atoms with Gasteiger partial charge in [0, 0.05) is 10.4 Å². The second-order valence-electron chi connectivity index (χ2n) is 4.28. The fraction of sp³-hybridized carbons (Fsp3) is 0.125. The van der Waals surface area contributed by atoms with E-state index in [9.17, 15) is 0 Å². The Morgan fingerprint density at radius 2 is 1.05 bits per heavy atom. The summed E-state index contributed by atoms with van der Waals surface area (Å²) < 4.78 is 0. The molecule has 0 spiro atoms. The molecule has 0 atom stereocenters. The summed E-state index contributed by atoms with van der Waals surface area (Å²) in [5.74, 6) is 0. The second-order valence-corrected chi connectivity index (χ2v) is 5.87. The highest BCUT2D eigenvalue weighted by atomic mass is 32.2. The van der Waals surface area contributed by atoms with Crippen LogP contribution in [0.1, 0.15) is 0 Å².